The van der Waals surface area contributed by atoms with Gasteiger partial charge >= 0.3 is 6.18 Å². The van der Waals surface area contributed by atoms with Gasteiger partial charge in [-0.1, -0.05) is 11.6 Å². The van der Waals surface area contributed by atoms with E-state index in [1.54, 1.807) is 24.3 Å². The Morgan fingerprint density at radius 3 is 2.40 bits per heavy atom. The van der Waals surface area contributed by atoms with Gasteiger partial charge in [0.05, 0.1) is 35.9 Å². The van der Waals surface area contributed by atoms with Crippen LogP contribution in [-0.2, 0) is 21.0 Å². The molecule has 0 heterocycles. The Morgan fingerprint density at radius 1 is 1.23 bits per heavy atom. The van der Waals surface area contributed by atoms with Gasteiger partial charge in [-0.05, 0) is 48.0 Å². The summed E-state index contributed by atoms with van der Waals surface area (Å²) >= 11 is 5.56. The quantitative estimate of drug-likeness (QED) is 0.504. The lowest BCUT2D eigenvalue weighted by molar-refractivity contribution is -0.137. The number of halogens is 4. The van der Waals surface area contributed by atoms with Crippen molar-refractivity contribution in [1.29, 1.82) is 0 Å². The van der Waals surface area contributed by atoms with Gasteiger partial charge < -0.3 is 4.74 Å². The van der Waals surface area contributed by atoms with E-state index in [1.807, 2.05) is 0 Å². The summed E-state index contributed by atoms with van der Waals surface area (Å²) in [7, 11) is -2.57. The first kappa shape index (κ1) is 23.5. The van der Waals surface area contributed by atoms with Crippen LogP contribution >= 0.6 is 11.6 Å². The molecule has 0 saturated carbocycles. The van der Waals surface area contributed by atoms with Crippen LogP contribution < -0.4 is 14.5 Å². The molecule has 0 atom stereocenters. The second-order valence-corrected chi connectivity index (χ2v) is 8.31. The maximum Gasteiger partial charge on any atom is 0.417 e. The number of carbonyl (C=O) groups is 1. The number of alkyl halides is 3. The number of rotatable bonds is 7. The highest BCUT2D eigenvalue weighted by atomic mass is 35.5. The van der Waals surface area contributed by atoms with E-state index in [2.05, 4.69) is 10.5 Å². The number of anilines is 1. The van der Waals surface area contributed by atoms with Crippen molar-refractivity contribution in [2.75, 3.05) is 24.2 Å². The van der Waals surface area contributed by atoms with Crippen molar-refractivity contribution >= 4 is 39.4 Å². The van der Waals surface area contributed by atoms with Gasteiger partial charge in [0.1, 0.15) is 12.3 Å². The molecular weight excluding hydrogens is 447 g/mol. The number of nitrogens with one attached hydrogen (secondary N) is 1. The highest BCUT2D eigenvalue weighted by Gasteiger charge is 2.34. The topological polar surface area (TPSA) is 88.1 Å². The standard InChI is InChI=1S/C18H17ClF3N3O4S/c1-29-14-6-3-12(4-7-14)10-23-24-17(26)11-25(30(2,27)28)13-5-8-16(19)15(9-13)18(20,21)22/h3-10H,11H2,1-2H3,(H,24,26)/b23-10-. The Balaban J connectivity index is 2.17. The Hall–Kier alpha value is -2.79. The van der Waals surface area contributed by atoms with E-state index in [-0.39, 0.29) is 5.69 Å². The molecule has 0 saturated heterocycles. The van der Waals surface area contributed by atoms with Crippen molar-refractivity contribution in [2.24, 2.45) is 5.10 Å². The molecule has 7 nitrogen and oxygen atoms in total. The fourth-order valence-corrected chi connectivity index (χ4v) is 3.39. The van der Waals surface area contributed by atoms with Crippen LogP contribution in [0.3, 0.4) is 0 Å². The molecular formula is C18H17ClF3N3O4S. The molecule has 0 radical (unpaired) electrons. The van der Waals surface area contributed by atoms with Gasteiger partial charge in [0.15, 0.2) is 0 Å². The Bertz CT molecular complexity index is 1040. The van der Waals surface area contributed by atoms with Crippen LogP contribution in [0, 0.1) is 0 Å². The highest BCUT2D eigenvalue weighted by molar-refractivity contribution is 7.92. The van der Waals surface area contributed by atoms with Gasteiger partial charge in [-0.3, -0.25) is 9.10 Å². The number of hydrogen-bond acceptors (Lipinski definition) is 5. The summed E-state index contributed by atoms with van der Waals surface area (Å²) in [6.45, 7) is -0.780. The third-order valence-corrected chi connectivity index (χ3v) is 5.22. The second-order valence-electron chi connectivity index (χ2n) is 6.00. The molecule has 12 heteroatoms. The summed E-state index contributed by atoms with van der Waals surface area (Å²) in [5.41, 5.74) is 1.19. The SMILES string of the molecule is COc1ccc(/C=N\NC(=O)CN(c2ccc(Cl)c(C(F)(F)F)c2)S(C)(=O)=O)cc1. The molecule has 0 aliphatic carbocycles. The van der Waals surface area contributed by atoms with Crippen LogP contribution in [0.1, 0.15) is 11.1 Å². The summed E-state index contributed by atoms with van der Waals surface area (Å²) in [4.78, 5) is 12.1. The molecule has 1 N–H and O–H groups in total. The molecule has 30 heavy (non-hydrogen) atoms. The minimum Gasteiger partial charge on any atom is -0.497 e. The second kappa shape index (κ2) is 9.35. The third kappa shape index (κ3) is 6.36. The van der Waals surface area contributed by atoms with Gasteiger partial charge in [0.25, 0.3) is 5.91 Å². The van der Waals surface area contributed by atoms with Gasteiger partial charge in [-0.25, -0.2) is 13.8 Å². The van der Waals surface area contributed by atoms with Gasteiger partial charge in [-0.15, -0.1) is 0 Å². The van der Waals surface area contributed by atoms with E-state index in [4.69, 9.17) is 16.3 Å². The monoisotopic (exact) mass is 463 g/mol. The van der Waals surface area contributed by atoms with E-state index in [9.17, 15) is 26.4 Å². The molecule has 2 aromatic carbocycles. The minimum atomic E-state index is -4.79. The molecule has 0 bridgehead atoms. The fourth-order valence-electron chi connectivity index (χ4n) is 2.32. The number of methoxy groups -OCH3 is 1. The zero-order valence-corrected chi connectivity index (χ0v) is 17.3. The van der Waals surface area contributed by atoms with Gasteiger partial charge in [0.2, 0.25) is 10.0 Å². The number of sulfonamides is 1. The number of amides is 1. The van der Waals surface area contributed by atoms with E-state index in [1.165, 1.54) is 13.3 Å². The first-order valence-electron chi connectivity index (χ1n) is 8.22. The van der Waals surface area contributed by atoms with Gasteiger partial charge in [-0.2, -0.15) is 18.3 Å². The number of benzene rings is 2. The predicted octanol–water partition coefficient (Wildman–Crippen LogP) is 3.28. The lowest BCUT2D eigenvalue weighted by Crippen LogP contribution is -2.39. The zero-order valence-electron chi connectivity index (χ0n) is 15.8. The maximum atomic E-state index is 13.1. The molecule has 2 aromatic rings. The molecule has 0 unspecified atom stereocenters. The summed E-state index contributed by atoms with van der Waals surface area (Å²) in [6.07, 6.45) is -2.71. The average Bonchev–Trinajstić information content (AvgIpc) is 2.65. The van der Waals surface area contributed by atoms with Crippen LogP contribution in [0.4, 0.5) is 18.9 Å². The molecule has 0 spiro atoms. The smallest absolute Gasteiger partial charge is 0.417 e. The summed E-state index contributed by atoms with van der Waals surface area (Å²) in [5.74, 6) is -0.227. The zero-order chi connectivity index (χ0) is 22.5. The summed E-state index contributed by atoms with van der Waals surface area (Å²) in [5, 5.41) is 3.12. The normalized spacial score (nSPS) is 12.1. The number of ether oxygens (including phenoxy) is 1. The van der Waals surface area contributed by atoms with Crippen molar-refractivity contribution in [2.45, 2.75) is 6.18 Å². The molecule has 0 fully saturated rings. The van der Waals surface area contributed by atoms with Crippen LogP contribution in [0.15, 0.2) is 47.6 Å². The number of carbonyl (C=O) groups excluding carboxylic acids is 1. The Morgan fingerprint density at radius 2 is 1.87 bits per heavy atom. The minimum absolute atomic E-state index is 0.358. The van der Waals surface area contributed by atoms with Crippen molar-refractivity contribution in [1.82, 2.24) is 5.43 Å². The summed E-state index contributed by atoms with van der Waals surface area (Å²) in [6, 6.07) is 9.25. The maximum absolute atomic E-state index is 13.1. The van der Waals surface area contributed by atoms with E-state index < -0.39 is 39.2 Å². The Kier molecular flexibility index (Phi) is 7.32. The number of nitrogens with zero attached hydrogens (tertiary/aromatic N) is 2. The lowest BCUT2D eigenvalue weighted by Gasteiger charge is -2.22. The molecule has 2 rings (SSSR count). The fraction of sp³-hybridized carbons (Fsp3) is 0.222. The third-order valence-electron chi connectivity index (χ3n) is 3.75. The molecule has 1 amide bonds. The summed E-state index contributed by atoms with van der Waals surface area (Å²) < 4.78 is 68.8. The molecule has 0 aromatic heterocycles. The predicted molar refractivity (Wildman–Crippen MR) is 107 cm³/mol. The van der Waals surface area contributed by atoms with Crippen LogP contribution in [-0.4, -0.2) is 40.4 Å². The van der Waals surface area contributed by atoms with Crippen LogP contribution in [0.2, 0.25) is 5.02 Å². The van der Waals surface area contributed by atoms with Crippen molar-refractivity contribution in [3.05, 3.63) is 58.6 Å². The highest BCUT2D eigenvalue weighted by Crippen LogP contribution is 2.37. The van der Waals surface area contributed by atoms with E-state index in [0.29, 0.717) is 21.7 Å². The molecule has 0 aliphatic heterocycles. The first-order chi connectivity index (χ1) is 13.9. The lowest BCUT2D eigenvalue weighted by atomic mass is 10.2. The van der Waals surface area contributed by atoms with Crippen LogP contribution in [0.5, 0.6) is 5.75 Å². The first-order valence-corrected chi connectivity index (χ1v) is 10.4. The van der Waals surface area contributed by atoms with Gasteiger partial charge in [0, 0.05) is 0 Å². The van der Waals surface area contributed by atoms with Crippen molar-refractivity contribution < 1.29 is 31.1 Å². The van der Waals surface area contributed by atoms with Crippen molar-refractivity contribution in [3.8, 4) is 5.75 Å². The van der Waals surface area contributed by atoms with E-state index in [0.717, 1.165) is 18.4 Å². The Labute approximate surface area is 176 Å². The number of hydrogen-bond donors (Lipinski definition) is 1. The van der Waals surface area contributed by atoms with Crippen molar-refractivity contribution in [3.63, 3.8) is 0 Å². The molecule has 162 valence electrons. The largest absolute Gasteiger partial charge is 0.497 e. The number of hydrazone groups is 1. The van der Waals surface area contributed by atoms with Crippen LogP contribution in [0.25, 0.3) is 0 Å². The average molecular weight is 464 g/mol. The van der Waals surface area contributed by atoms with E-state index >= 15 is 0 Å². The molecule has 0 aliphatic rings.